The average molecular weight is 225 g/mol. The summed E-state index contributed by atoms with van der Waals surface area (Å²) in [7, 11) is 3.68. The molecule has 2 nitrogen and oxygen atoms in total. The van der Waals surface area contributed by atoms with Crippen LogP contribution in [-0.4, -0.2) is 19.9 Å². The minimum atomic E-state index is 0.382. The van der Waals surface area contributed by atoms with Gasteiger partial charge in [0.05, 0.1) is 7.11 Å². The van der Waals surface area contributed by atoms with Crippen molar-refractivity contribution in [1.29, 1.82) is 0 Å². The van der Waals surface area contributed by atoms with Gasteiger partial charge in [-0.3, -0.25) is 0 Å². The van der Waals surface area contributed by atoms with E-state index in [1.54, 1.807) is 7.11 Å². The Kier molecular flexibility index (Phi) is 4.99. The molecule has 1 N–H and O–H groups in total. The lowest BCUT2D eigenvalue weighted by Gasteiger charge is -2.17. The van der Waals surface area contributed by atoms with Crippen LogP contribution in [-0.2, 0) is 0 Å². The van der Waals surface area contributed by atoms with Crippen molar-refractivity contribution in [2.24, 2.45) is 0 Å². The van der Waals surface area contributed by atoms with E-state index in [1.807, 2.05) is 13.1 Å². The molecule has 0 aliphatic heterocycles. The zero-order valence-electron chi connectivity index (χ0n) is 9.58. The third-order valence-corrected chi connectivity index (χ3v) is 2.85. The molecule has 1 rings (SSSR count). The number of aryl methyl sites for hydroxylation is 1. The van der Waals surface area contributed by atoms with Gasteiger partial charge in [-0.2, -0.15) is 12.6 Å². The van der Waals surface area contributed by atoms with Crippen LogP contribution in [0.5, 0.6) is 5.75 Å². The number of benzene rings is 1. The Morgan fingerprint density at radius 1 is 1.47 bits per heavy atom. The second-order valence-corrected chi connectivity index (χ2v) is 4.03. The van der Waals surface area contributed by atoms with Crippen LogP contribution in [0.2, 0.25) is 0 Å². The summed E-state index contributed by atoms with van der Waals surface area (Å²) in [6.07, 6.45) is 1.03. The quantitative estimate of drug-likeness (QED) is 0.752. The van der Waals surface area contributed by atoms with Crippen LogP contribution in [0.25, 0.3) is 0 Å². The van der Waals surface area contributed by atoms with Crippen LogP contribution < -0.4 is 10.1 Å². The molecule has 1 unspecified atom stereocenters. The van der Waals surface area contributed by atoms with Crippen LogP contribution in [0.15, 0.2) is 18.2 Å². The Balaban J connectivity index is 2.89. The Bertz CT molecular complexity index is 314. The van der Waals surface area contributed by atoms with Crippen molar-refractivity contribution in [1.82, 2.24) is 5.32 Å². The molecule has 0 aliphatic rings. The van der Waals surface area contributed by atoms with Gasteiger partial charge in [0.15, 0.2) is 0 Å². The van der Waals surface area contributed by atoms with Crippen molar-refractivity contribution < 1.29 is 4.74 Å². The maximum absolute atomic E-state index is 5.24. The molecule has 1 aromatic carbocycles. The van der Waals surface area contributed by atoms with Crippen molar-refractivity contribution in [3.05, 3.63) is 29.3 Å². The standard InChI is InChI=1S/C12H19NOS/c1-9-8-10(4-5-12(9)14-3)11(13-2)6-7-15/h4-5,8,11,13,15H,6-7H2,1-3H3. The highest BCUT2D eigenvalue weighted by molar-refractivity contribution is 7.80. The van der Waals surface area contributed by atoms with Gasteiger partial charge in [-0.15, -0.1) is 0 Å². The maximum Gasteiger partial charge on any atom is 0.121 e. The highest BCUT2D eigenvalue weighted by atomic mass is 32.1. The zero-order chi connectivity index (χ0) is 11.3. The van der Waals surface area contributed by atoms with E-state index in [-0.39, 0.29) is 0 Å². The van der Waals surface area contributed by atoms with Gasteiger partial charge in [0.1, 0.15) is 5.75 Å². The van der Waals surface area contributed by atoms with Gasteiger partial charge in [-0.25, -0.2) is 0 Å². The maximum atomic E-state index is 5.24. The van der Waals surface area contributed by atoms with Gasteiger partial charge < -0.3 is 10.1 Å². The van der Waals surface area contributed by atoms with Crippen LogP contribution >= 0.6 is 12.6 Å². The van der Waals surface area contributed by atoms with Gasteiger partial charge in [0.25, 0.3) is 0 Å². The number of hydrogen-bond donors (Lipinski definition) is 2. The van der Waals surface area contributed by atoms with E-state index in [1.165, 1.54) is 11.1 Å². The predicted octanol–water partition coefficient (Wildman–Crippen LogP) is 2.58. The fourth-order valence-electron chi connectivity index (χ4n) is 1.73. The van der Waals surface area contributed by atoms with E-state index in [0.717, 1.165) is 17.9 Å². The van der Waals surface area contributed by atoms with Gasteiger partial charge in [-0.05, 0) is 43.3 Å². The second-order valence-electron chi connectivity index (χ2n) is 3.58. The first-order chi connectivity index (χ1) is 7.22. The Morgan fingerprint density at radius 2 is 2.20 bits per heavy atom. The molecule has 15 heavy (non-hydrogen) atoms. The lowest BCUT2D eigenvalue weighted by molar-refractivity contribution is 0.411. The molecule has 0 spiro atoms. The molecule has 0 saturated heterocycles. The first-order valence-electron chi connectivity index (χ1n) is 5.15. The van der Waals surface area contributed by atoms with Crippen LogP contribution in [0.3, 0.4) is 0 Å². The topological polar surface area (TPSA) is 21.3 Å². The number of thiol groups is 1. The lowest BCUT2D eigenvalue weighted by Crippen LogP contribution is -2.16. The third-order valence-electron chi connectivity index (χ3n) is 2.59. The van der Waals surface area contributed by atoms with E-state index in [0.29, 0.717) is 6.04 Å². The molecule has 0 amide bonds. The van der Waals surface area contributed by atoms with Crippen molar-refractivity contribution >= 4 is 12.6 Å². The monoisotopic (exact) mass is 225 g/mol. The highest BCUT2D eigenvalue weighted by Gasteiger charge is 2.09. The van der Waals surface area contributed by atoms with E-state index >= 15 is 0 Å². The van der Waals surface area contributed by atoms with Gasteiger partial charge >= 0.3 is 0 Å². The van der Waals surface area contributed by atoms with Crippen molar-refractivity contribution in [3.63, 3.8) is 0 Å². The lowest BCUT2D eigenvalue weighted by atomic mass is 10.0. The summed E-state index contributed by atoms with van der Waals surface area (Å²) in [5, 5.41) is 3.29. The molecule has 0 bridgehead atoms. The Labute approximate surface area is 97.4 Å². The molecule has 1 atom stereocenters. The van der Waals surface area contributed by atoms with E-state index in [2.05, 4.69) is 37.0 Å². The van der Waals surface area contributed by atoms with E-state index in [9.17, 15) is 0 Å². The third kappa shape index (κ3) is 3.14. The summed E-state index contributed by atoms with van der Waals surface area (Å²) < 4.78 is 5.24. The molecule has 0 radical (unpaired) electrons. The molecular formula is C12H19NOS. The number of hydrogen-bond acceptors (Lipinski definition) is 3. The van der Waals surface area contributed by atoms with Gasteiger partial charge in [0.2, 0.25) is 0 Å². The molecule has 0 fully saturated rings. The normalized spacial score (nSPS) is 12.5. The summed E-state index contributed by atoms with van der Waals surface area (Å²) in [6.45, 7) is 2.07. The van der Waals surface area contributed by atoms with Crippen molar-refractivity contribution in [3.8, 4) is 5.75 Å². The van der Waals surface area contributed by atoms with Crippen LogP contribution in [0.1, 0.15) is 23.6 Å². The summed E-state index contributed by atoms with van der Waals surface area (Å²) in [5.74, 6) is 1.83. The highest BCUT2D eigenvalue weighted by Crippen LogP contribution is 2.24. The zero-order valence-corrected chi connectivity index (χ0v) is 10.5. The van der Waals surface area contributed by atoms with Gasteiger partial charge in [0, 0.05) is 6.04 Å². The summed E-state index contributed by atoms with van der Waals surface area (Å²) in [4.78, 5) is 0. The Hall–Kier alpha value is -0.670. The second kappa shape index (κ2) is 6.03. The molecule has 84 valence electrons. The molecule has 0 aromatic heterocycles. The van der Waals surface area contributed by atoms with Gasteiger partial charge in [-0.1, -0.05) is 12.1 Å². The number of rotatable bonds is 5. The first kappa shape index (κ1) is 12.4. The largest absolute Gasteiger partial charge is 0.496 e. The summed E-state index contributed by atoms with van der Waals surface area (Å²) >= 11 is 4.26. The van der Waals surface area contributed by atoms with E-state index < -0.39 is 0 Å². The molecule has 3 heteroatoms. The Morgan fingerprint density at radius 3 is 2.67 bits per heavy atom. The molecule has 0 heterocycles. The smallest absolute Gasteiger partial charge is 0.121 e. The number of ether oxygens (including phenoxy) is 1. The molecular weight excluding hydrogens is 206 g/mol. The van der Waals surface area contributed by atoms with Crippen molar-refractivity contribution in [2.45, 2.75) is 19.4 Å². The summed E-state index contributed by atoms with van der Waals surface area (Å²) in [5.41, 5.74) is 2.47. The summed E-state index contributed by atoms with van der Waals surface area (Å²) in [6, 6.07) is 6.68. The number of nitrogens with one attached hydrogen (secondary N) is 1. The fourth-order valence-corrected chi connectivity index (χ4v) is 1.98. The SMILES string of the molecule is CNC(CCS)c1ccc(OC)c(C)c1. The van der Waals surface area contributed by atoms with Crippen molar-refractivity contribution in [2.75, 3.05) is 19.9 Å². The fraction of sp³-hybridized carbons (Fsp3) is 0.500. The molecule has 0 aliphatic carbocycles. The predicted molar refractivity (Wildman–Crippen MR) is 68.0 cm³/mol. The van der Waals surface area contributed by atoms with Crippen LogP contribution in [0, 0.1) is 6.92 Å². The average Bonchev–Trinajstić information content (AvgIpc) is 2.25. The first-order valence-corrected chi connectivity index (χ1v) is 5.78. The minimum absolute atomic E-state index is 0.382. The number of methoxy groups -OCH3 is 1. The minimum Gasteiger partial charge on any atom is -0.496 e. The van der Waals surface area contributed by atoms with Crippen LogP contribution in [0.4, 0.5) is 0 Å². The molecule has 1 aromatic rings. The van der Waals surface area contributed by atoms with E-state index in [4.69, 9.17) is 4.74 Å². The molecule has 0 saturated carbocycles.